The van der Waals surface area contributed by atoms with Gasteiger partial charge in [0.05, 0.1) is 18.0 Å². The summed E-state index contributed by atoms with van der Waals surface area (Å²) < 4.78 is 14.8. The van der Waals surface area contributed by atoms with E-state index in [1.165, 1.54) is 39.5 Å². The first-order chi connectivity index (χ1) is 11.9. The number of nitro benzene ring substituents is 1. The maximum Gasteiger partial charge on any atom is 0.313 e. The number of carbonyl (C=O) groups is 2. The normalized spacial score (nSPS) is 12.0. The molecule has 0 aromatic heterocycles. The van der Waals surface area contributed by atoms with Gasteiger partial charge in [-0.1, -0.05) is 18.2 Å². The number of carbonyl (C=O) groups excluding carboxylic acids is 2. The van der Waals surface area contributed by atoms with Crippen molar-refractivity contribution in [1.82, 2.24) is 0 Å². The van der Waals surface area contributed by atoms with Crippen LogP contribution in [0.3, 0.4) is 0 Å². The number of benzene rings is 1. The van der Waals surface area contributed by atoms with Crippen molar-refractivity contribution in [3.05, 3.63) is 39.9 Å². The second kappa shape index (κ2) is 10.5. The molecule has 0 saturated carbocycles. The number of ether oxygens (including phenoxy) is 3. The minimum atomic E-state index is -1.00. The predicted octanol–water partition coefficient (Wildman–Crippen LogP) is 2.60. The Bertz CT molecular complexity index is 598. The highest BCUT2D eigenvalue weighted by Gasteiger charge is 2.30. The van der Waals surface area contributed by atoms with E-state index < -0.39 is 16.8 Å². The highest BCUT2D eigenvalue weighted by molar-refractivity contribution is 5.88. The highest BCUT2D eigenvalue weighted by atomic mass is 16.7. The fraction of sp³-hybridized carbons (Fsp3) is 0.529. The van der Waals surface area contributed by atoms with E-state index in [9.17, 15) is 19.7 Å². The third kappa shape index (κ3) is 6.24. The minimum Gasteiger partial charge on any atom is -0.469 e. The Morgan fingerprint density at radius 1 is 1.16 bits per heavy atom. The predicted molar refractivity (Wildman–Crippen MR) is 89.1 cm³/mol. The maximum atomic E-state index is 12.2. The summed E-state index contributed by atoms with van der Waals surface area (Å²) in [6.07, 6.45) is 0.738. The molecule has 0 spiro atoms. The molecule has 25 heavy (non-hydrogen) atoms. The average molecular weight is 353 g/mol. The first-order valence-electron chi connectivity index (χ1n) is 7.83. The van der Waals surface area contributed by atoms with Crippen molar-refractivity contribution in [2.24, 2.45) is 0 Å². The molecule has 1 aromatic rings. The number of ketones is 1. The smallest absolute Gasteiger partial charge is 0.313 e. The van der Waals surface area contributed by atoms with E-state index in [0.29, 0.717) is 12.8 Å². The second-order valence-corrected chi connectivity index (χ2v) is 5.43. The van der Waals surface area contributed by atoms with Crippen molar-refractivity contribution < 1.29 is 28.7 Å². The molecule has 8 nitrogen and oxygen atoms in total. The number of esters is 1. The van der Waals surface area contributed by atoms with E-state index in [0.717, 1.165) is 0 Å². The van der Waals surface area contributed by atoms with Crippen molar-refractivity contribution in [2.75, 3.05) is 21.3 Å². The van der Waals surface area contributed by atoms with E-state index >= 15 is 0 Å². The molecule has 1 aromatic carbocycles. The number of hydrogen-bond donors (Lipinski definition) is 0. The van der Waals surface area contributed by atoms with Crippen molar-refractivity contribution in [3.8, 4) is 0 Å². The third-order valence-electron chi connectivity index (χ3n) is 3.85. The number of nitrogens with zero attached hydrogens (tertiary/aromatic N) is 1. The van der Waals surface area contributed by atoms with E-state index in [-0.39, 0.29) is 36.2 Å². The van der Waals surface area contributed by atoms with Gasteiger partial charge in [0, 0.05) is 38.7 Å². The molecule has 0 amide bonds. The van der Waals surface area contributed by atoms with Crippen LogP contribution in [0.4, 0.5) is 5.69 Å². The number of rotatable bonds is 11. The summed E-state index contributed by atoms with van der Waals surface area (Å²) in [6.45, 7) is 0. The Morgan fingerprint density at radius 3 is 2.36 bits per heavy atom. The van der Waals surface area contributed by atoms with Gasteiger partial charge in [-0.05, 0) is 12.8 Å². The summed E-state index contributed by atoms with van der Waals surface area (Å²) in [7, 11) is 4.21. The van der Waals surface area contributed by atoms with Crippen LogP contribution in [-0.4, -0.2) is 44.3 Å². The number of methoxy groups -OCH3 is 3. The zero-order valence-corrected chi connectivity index (χ0v) is 14.6. The van der Waals surface area contributed by atoms with Crippen molar-refractivity contribution in [3.63, 3.8) is 0 Å². The molecule has 0 aliphatic heterocycles. The van der Waals surface area contributed by atoms with Crippen molar-refractivity contribution >= 4 is 17.4 Å². The molecular weight excluding hydrogens is 330 g/mol. The van der Waals surface area contributed by atoms with E-state index in [1.807, 2.05) is 0 Å². The lowest BCUT2D eigenvalue weighted by molar-refractivity contribution is -0.385. The Hall–Kier alpha value is -2.32. The molecule has 0 fully saturated rings. The van der Waals surface area contributed by atoms with E-state index in [4.69, 9.17) is 14.2 Å². The van der Waals surface area contributed by atoms with Gasteiger partial charge in [-0.15, -0.1) is 0 Å². The SMILES string of the molecule is COC(=O)C(CC(=O)CCCC(OC)OC)c1ccccc1[N+](=O)[O-]. The third-order valence-corrected chi connectivity index (χ3v) is 3.85. The van der Waals surface area contributed by atoms with Crippen LogP contribution in [0, 0.1) is 10.1 Å². The molecule has 0 aliphatic carbocycles. The zero-order valence-electron chi connectivity index (χ0n) is 14.6. The van der Waals surface area contributed by atoms with Crippen LogP contribution >= 0.6 is 0 Å². The summed E-state index contributed by atoms with van der Waals surface area (Å²) in [5.74, 6) is -1.85. The molecule has 8 heteroatoms. The van der Waals surface area contributed by atoms with Crippen LogP contribution in [-0.2, 0) is 23.8 Å². The fourth-order valence-corrected chi connectivity index (χ4v) is 2.54. The summed E-state index contributed by atoms with van der Waals surface area (Å²) in [5, 5.41) is 11.2. The lowest BCUT2D eigenvalue weighted by Gasteiger charge is -2.15. The van der Waals surface area contributed by atoms with Crippen molar-refractivity contribution in [1.29, 1.82) is 0 Å². The van der Waals surface area contributed by atoms with Gasteiger partial charge < -0.3 is 14.2 Å². The fourth-order valence-electron chi connectivity index (χ4n) is 2.54. The van der Waals surface area contributed by atoms with Crippen LogP contribution in [0.25, 0.3) is 0 Å². The Balaban J connectivity index is 2.83. The van der Waals surface area contributed by atoms with Gasteiger partial charge in [0.1, 0.15) is 5.78 Å². The van der Waals surface area contributed by atoms with Gasteiger partial charge in [-0.2, -0.15) is 0 Å². The molecule has 1 atom stereocenters. The Labute approximate surface area is 146 Å². The van der Waals surface area contributed by atoms with Crippen LogP contribution < -0.4 is 0 Å². The van der Waals surface area contributed by atoms with Gasteiger partial charge in [0.25, 0.3) is 5.69 Å². The van der Waals surface area contributed by atoms with Crippen molar-refractivity contribution in [2.45, 2.75) is 37.9 Å². The zero-order chi connectivity index (χ0) is 18.8. The minimum absolute atomic E-state index is 0.151. The van der Waals surface area contributed by atoms with Crippen LogP contribution in [0.1, 0.15) is 37.2 Å². The molecular formula is C17H23NO7. The first-order valence-corrected chi connectivity index (χ1v) is 7.83. The second-order valence-electron chi connectivity index (χ2n) is 5.43. The molecule has 138 valence electrons. The lowest BCUT2D eigenvalue weighted by atomic mass is 9.91. The molecule has 0 saturated heterocycles. The van der Waals surface area contributed by atoms with Crippen LogP contribution in [0.5, 0.6) is 0 Å². The summed E-state index contributed by atoms with van der Waals surface area (Å²) in [6, 6.07) is 5.87. The number of para-hydroxylation sites is 1. The summed E-state index contributed by atoms with van der Waals surface area (Å²) >= 11 is 0. The largest absolute Gasteiger partial charge is 0.469 e. The number of nitro groups is 1. The summed E-state index contributed by atoms with van der Waals surface area (Å²) in [4.78, 5) is 34.9. The lowest BCUT2D eigenvalue weighted by Crippen LogP contribution is -2.20. The monoisotopic (exact) mass is 353 g/mol. The van der Waals surface area contributed by atoms with Crippen LogP contribution in [0.15, 0.2) is 24.3 Å². The molecule has 0 heterocycles. The maximum absolute atomic E-state index is 12.2. The first kappa shape index (κ1) is 20.7. The quantitative estimate of drug-likeness (QED) is 0.260. The Kier molecular flexibility index (Phi) is 8.73. The molecule has 1 unspecified atom stereocenters. The van der Waals surface area contributed by atoms with Gasteiger partial charge in [0.15, 0.2) is 6.29 Å². The topological polar surface area (TPSA) is 105 Å². The molecule has 0 bridgehead atoms. The number of Topliss-reactive ketones (excluding diaryl/α,β-unsaturated/α-hetero) is 1. The van der Waals surface area contributed by atoms with Gasteiger partial charge in [-0.3, -0.25) is 19.7 Å². The standard InChI is InChI=1S/C17H23NO7/c1-23-16(24-2)10-6-7-12(19)11-14(17(20)25-3)13-8-4-5-9-15(13)18(21)22/h4-5,8-9,14,16H,6-7,10-11H2,1-3H3. The molecule has 1 rings (SSSR count). The highest BCUT2D eigenvalue weighted by Crippen LogP contribution is 2.30. The molecule has 0 aliphatic rings. The van der Waals surface area contributed by atoms with Crippen LogP contribution in [0.2, 0.25) is 0 Å². The van der Waals surface area contributed by atoms with Gasteiger partial charge in [-0.25, -0.2) is 0 Å². The Morgan fingerprint density at radius 2 is 1.80 bits per heavy atom. The van der Waals surface area contributed by atoms with E-state index in [1.54, 1.807) is 6.07 Å². The summed E-state index contributed by atoms with van der Waals surface area (Å²) in [5.41, 5.74) is -0.0242. The average Bonchev–Trinajstić information content (AvgIpc) is 2.62. The molecule has 0 radical (unpaired) electrons. The van der Waals surface area contributed by atoms with Gasteiger partial charge in [0.2, 0.25) is 0 Å². The van der Waals surface area contributed by atoms with E-state index in [2.05, 4.69) is 0 Å². The van der Waals surface area contributed by atoms with Gasteiger partial charge >= 0.3 is 5.97 Å². The number of hydrogen-bond acceptors (Lipinski definition) is 7. The molecule has 0 N–H and O–H groups in total.